The van der Waals surface area contributed by atoms with Crippen LogP contribution in [0.1, 0.15) is 28.4 Å². The molecule has 0 aliphatic carbocycles. The Hall–Kier alpha value is -2.88. The number of rotatable bonds is 5. The number of carbonyl (C=O) groups excluding carboxylic acids is 2. The molecular weight excluding hydrogens is 290 g/mol. The molecule has 0 radical (unpaired) electrons. The number of aryl methyl sites for hydroxylation is 1. The van der Waals surface area contributed by atoms with Gasteiger partial charge in [-0.2, -0.15) is 0 Å². The van der Waals surface area contributed by atoms with E-state index in [9.17, 15) is 9.59 Å². The second-order valence-electron chi connectivity index (χ2n) is 5.03. The number of hydrogen-bond acceptors (Lipinski definition) is 3. The molecule has 23 heavy (non-hydrogen) atoms. The molecule has 0 aliphatic heterocycles. The summed E-state index contributed by atoms with van der Waals surface area (Å²) >= 11 is 0. The van der Waals surface area contributed by atoms with Crippen molar-refractivity contribution in [2.24, 2.45) is 0 Å². The Kier molecular flexibility index (Phi) is 5.69. The summed E-state index contributed by atoms with van der Waals surface area (Å²) < 4.78 is 4.83. The lowest BCUT2D eigenvalue weighted by Gasteiger charge is -2.06. The Morgan fingerprint density at radius 3 is 2.57 bits per heavy atom. The third-order valence-electron chi connectivity index (χ3n) is 3.16. The van der Waals surface area contributed by atoms with E-state index in [0.717, 1.165) is 11.1 Å². The molecule has 0 unspecified atom stereocenters. The third kappa shape index (κ3) is 5.11. The van der Waals surface area contributed by atoms with Crippen LogP contribution < -0.4 is 5.32 Å². The maximum Gasteiger partial charge on any atom is 0.330 e. The van der Waals surface area contributed by atoms with Crippen LogP contribution in [-0.4, -0.2) is 18.5 Å². The van der Waals surface area contributed by atoms with Gasteiger partial charge in [0.2, 0.25) is 0 Å². The minimum atomic E-state index is -0.387. The molecule has 4 nitrogen and oxygen atoms in total. The van der Waals surface area contributed by atoms with Gasteiger partial charge in [-0.1, -0.05) is 29.8 Å². The molecule has 0 aromatic heterocycles. The van der Waals surface area contributed by atoms with E-state index < -0.39 is 0 Å². The fraction of sp³-hybridized carbons (Fsp3) is 0.158. The average molecular weight is 309 g/mol. The van der Waals surface area contributed by atoms with Crippen LogP contribution in [0, 0.1) is 6.92 Å². The predicted octanol–water partition coefficient (Wildman–Crippen LogP) is 3.82. The van der Waals surface area contributed by atoms with Gasteiger partial charge in [-0.25, -0.2) is 4.79 Å². The van der Waals surface area contributed by atoms with Gasteiger partial charge in [0, 0.05) is 17.3 Å². The number of anilines is 1. The van der Waals surface area contributed by atoms with Crippen molar-refractivity contribution in [2.45, 2.75) is 13.8 Å². The van der Waals surface area contributed by atoms with E-state index in [0.29, 0.717) is 17.9 Å². The van der Waals surface area contributed by atoms with Crippen molar-refractivity contribution < 1.29 is 14.3 Å². The van der Waals surface area contributed by atoms with Crippen molar-refractivity contribution in [1.29, 1.82) is 0 Å². The van der Waals surface area contributed by atoms with Crippen LogP contribution in [0.2, 0.25) is 0 Å². The average Bonchev–Trinajstić information content (AvgIpc) is 2.54. The highest BCUT2D eigenvalue weighted by atomic mass is 16.5. The van der Waals surface area contributed by atoms with Gasteiger partial charge in [0.15, 0.2) is 0 Å². The second-order valence-corrected chi connectivity index (χ2v) is 5.03. The monoisotopic (exact) mass is 309 g/mol. The van der Waals surface area contributed by atoms with Crippen molar-refractivity contribution in [3.8, 4) is 0 Å². The third-order valence-corrected chi connectivity index (χ3v) is 3.16. The summed E-state index contributed by atoms with van der Waals surface area (Å²) in [6.45, 7) is 4.07. The zero-order valence-electron chi connectivity index (χ0n) is 13.2. The first kappa shape index (κ1) is 16.5. The highest BCUT2D eigenvalue weighted by Crippen LogP contribution is 2.14. The first-order valence-electron chi connectivity index (χ1n) is 7.41. The number of carbonyl (C=O) groups is 2. The van der Waals surface area contributed by atoms with Gasteiger partial charge in [-0.3, -0.25) is 4.79 Å². The van der Waals surface area contributed by atoms with Gasteiger partial charge >= 0.3 is 5.97 Å². The molecule has 0 saturated heterocycles. The normalized spacial score (nSPS) is 10.5. The molecule has 118 valence electrons. The molecule has 0 fully saturated rings. The highest BCUT2D eigenvalue weighted by Gasteiger charge is 2.05. The van der Waals surface area contributed by atoms with Crippen LogP contribution >= 0.6 is 0 Å². The summed E-state index contributed by atoms with van der Waals surface area (Å²) in [6, 6.07) is 14.6. The van der Waals surface area contributed by atoms with Crippen LogP contribution in [-0.2, 0) is 9.53 Å². The Balaban J connectivity index is 2.06. The second kappa shape index (κ2) is 7.94. The molecule has 0 saturated carbocycles. The van der Waals surface area contributed by atoms with Gasteiger partial charge in [-0.05, 0) is 49.8 Å². The smallest absolute Gasteiger partial charge is 0.330 e. The molecule has 2 aromatic rings. The van der Waals surface area contributed by atoms with E-state index in [1.54, 1.807) is 37.3 Å². The lowest BCUT2D eigenvalue weighted by molar-refractivity contribution is -0.137. The molecule has 0 atom stereocenters. The highest BCUT2D eigenvalue weighted by molar-refractivity contribution is 6.04. The summed E-state index contributed by atoms with van der Waals surface area (Å²) in [6.07, 6.45) is 3.02. The van der Waals surface area contributed by atoms with Gasteiger partial charge in [-0.15, -0.1) is 0 Å². The number of benzene rings is 2. The minimum Gasteiger partial charge on any atom is -0.463 e. The summed E-state index contributed by atoms with van der Waals surface area (Å²) in [5.74, 6) is -0.557. The molecule has 2 aromatic carbocycles. The fourth-order valence-electron chi connectivity index (χ4n) is 1.98. The molecule has 0 aliphatic rings. The SMILES string of the molecule is CCOC(=O)/C=C/c1cccc(NC(=O)c2ccc(C)cc2)c1. The Morgan fingerprint density at radius 2 is 1.87 bits per heavy atom. The molecule has 4 heteroatoms. The van der Waals surface area contributed by atoms with Crippen LogP contribution in [0.5, 0.6) is 0 Å². The summed E-state index contributed by atoms with van der Waals surface area (Å²) in [4.78, 5) is 23.5. The van der Waals surface area contributed by atoms with Gasteiger partial charge in [0.25, 0.3) is 5.91 Å². The van der Waals surface area contributed by atoms with Crippen molar-refractivity contribution in [3.05, 3.63) is 71.3 Å². The summed E-state index contributed by atoms with van der Waals surface area (Å²) in [5.41, 5.74) is 3.18. The molecular formula is C19H19NO3. The van der Waals surface area contributed by atoms with Crippen molar-refractivity contribution >= 4 is 23.6 Å². The van der Waals surface area contributed by atoms with E-state index in [2.05, 4.69) is 5.32 Å². The molecule has 1 N–H and O–H groups in total. The van der Waals surface area contributed by atoms with Gasteiger partial charge in [0.1, 0.15) is 0 Å². The Labute approximate surface area is 135 Å². The molecule has 0 heterocycles. The molecule has 0 bridgehead atoms. The quantitative estimate of drug-likeness (QED) is 0.674. The fourth-order valence-corrected chi connectivity index (χ4v) is 1.98. The summed E-state index contributed by atoms with van der Waals surface area (Å²) in [7, 11) is 0. The Morgan fingerprint density at radius 1 is 1.13 bits per heavy atom. The number of esters is 1. The van der Waals surface area contributed by atoms with Crippen molar-refractivity contribution in [1.82, 2.24) is 0 Å². The number of nitrogens with one attached hydrogen (secondary N) is 1. The van der Waals surface area contributed by atoms with Crippen LogP contribution in [0.25, 0.3) is 6.08 Å². The van der Waals surface area contributed by atoms with Crippen LogP contribution in [0.3, 0.4) is 0 Å². The Bertz CT molecular complexity index is 718. The van der Waals surface area contributed by atoms with Crippen molar-refractivity contribution in [3.63, 3.8) is 0 Å². The van der Waals surface area contributed by atoms with E-state index >= 15 is 0 Å². The van der Waals surface area contributed by atoms with E-state index in [1.807, 2.05) is 31.2 Å². The number of hydrogen-bond donors (Lipinski definition) is 1. The van der Waals surface area contributed by atoms with E-state index in [4.69, 9.17) is 4.74 Å². The topological polar surface area (TPSA) is 55.4 Å². The zero-order valence-corrected chi connectivity index (χ0v) is 13.2. The number of ether oxygens (including phenoxy) is 1. The van der Waals surface area contributed by atoms with Crippen LogP contribution in [0.15, 0.2) is 54.6 Å². The lowest BCUT2D eigenvalue weighted by Crippen LogP contribution is -2.11. The maximum absolute atomic E-state index is 12.2. The molecule has 2 rings (SSSR count). The number of amides is 1. The molecule has 0 spiro atoms. The zero-order chi connectivity index (χ0) is 16.7. The largest absolute Gasteiger partial charge is 0.463 e. The van der Waals surface area contributed by atoms with Crippen LogP contribution in [0.4, 0.5) is 5.69 Å². The minimum absolute atomic E-state index is 0.170. The van der Waals surface area contributed by atoms with E-state index in [1.165, 1.54) is 6.08 Å². The van der Waals surface area contributed by atoms with Gasteiger partial charge < -0.3 is 10.1 Å². The van der Waals surface area contributed by atoms with Crippen molar-refractivity contribution in [2.75, 3.05) is 11.9 Å². The maximum atomic E-state index is 12.2. The lowest BCUT2D eigenvalue weighted by atomic mass is 10.1. The summed E-state index contributed by atoms with van der Waals surface area (Å²) in [5, 5.41) is 2.84. The molecule has 1 amide bonds. The standard InChI is InChI=1S/C19H19NO3/c1-3-23-18(21)12-9-15-5-4-6-17(13-15)20-19(22)16-10-7-14(2)8-11-16/h4-13H,3H2,1-2H3,(H,20,22)/b12-9+. The predicted molar refractivity (Wildman–Crippen MR) is 91.2 cm³/mol. The van der Waals surface area contributed by atoms with Gasteiger partial charge in [0.05, 0.1) is 6.61 Å². The van der Waals surface area contributed by atoms with E-state index in [-0.39, 0.29) is 11.9 Å². The first-order valence-corrected chi connectivity index (χ1v) is 7.41. The first-order chi connectivity index (χ1) is 11.1.